The standard InChI is InChI=1S/C12H19O4P/c1-4-10-6-9(8-17(14,15)16-3)7-11(5-2)12(10)13/h6-7,13H,4-5,8H2,1-3H3,(H,14,15). The van der Waals surface area contributed by atoms with Crippen LogP contribution in [0.25, 0.3) is 0 Å². The number of phenolic OH excluding ortho intramolecular Hbond substituents is 1. The number of hydrogen-bond acceptors (Lipinski definition) is 3. The lowest BCUT2D eigenvalue weighted by Gasteiger charge is -2.13. The number of aryl methyl sites for hydroxylation is 2. The molecule has 0 bridgehead atoms. The molecule has 0 aliphatic heterocycles. The Kier molecular flexibility index (Phi) is 4.75. The Balaban J connectivity index is 3.14. The van der Waals surface area contributed by atoms with Crippen molar-refractivity contribution >= 4 is 7.60 Å². The van der Waals surface area contributed by atoms with Gasteiger partial charge < -0.3 is 14.5 Å². The summed E-state index contributed by atoms with van der Waals surface area (Å²) in [5, 5.41) is 9.91. The van der Waals surface area contributed by atoms with Crippen molar-refractivity contribution in [1.29, 1.82) is 0 Å². The first-order valence-corrected chi connectivity index (χ1v) is 7.41. The highest BCUT2D eigenvalue weighted by molar-refractivity contribution is 7.51. The van der Waals surface area contributed by atoms with Crippen LogP contribution in [0.2, 0.25) is 0 Å². The first-order valence-electron chi connectivity index (χ1n) is 5.64. The van der Waals surface area contributed by atoms with E-state index < -0.39 is 7.60 Å². The maximum atomic E-state index is 11.5. The fraction of sp³-hybridized carbons (Fsp3) is 0.500. The van der Waals surface area contributed by atoms with Crippen LogP contribution in [-0.2, 0) is 28.1 Å². The van der Waals surface area contributed by atoms with Gasteiger partial charge in [-0.1, -0.05) is 26.0 Å². The Bertz CT molecular complexity index is 417. The summed E-state index contributed by atoms with van der Waals surface area (Å²) in [6, 6.07) is 3.52. The molecule has 1 aromatic carbocycles. The summed E-state index contributed by atoms with van der Waals surface area (Å²) >= 11 is 0. The Morgan fingerprint density at radius 3 is 2.06 bits per heavy atom. The molecule has 0 heterocycles. The molecule has 2 N–H and O–H groups in total. The molecule has 0 saturated carbocycles. The van der Waals surface area contributed by atoms with Gasteiger partial charge in [-0.15, -0.1) is 0 Å². The zero-order chi connectivity index (χ0) is 13.1. The van der Waals surface area contributed by atoms with Crippen LogP contribution < -0.4 is 0 Å². The van der Waals surface area contributed by atoms with Crippen LogP contribution in [0.5, 0.6) is 5.75 Å². The monoisotopic (exact) mass is 258 g/mol. The molecule has 96 valence electrons. The molecule has 0 aliphatic rings. The van der Waals surface area contributed by atoms with Crippen LogP contribution in [0.15, 0.2) is 12.1 Å². The van der Waals surface area contributed by atoms with Crippen molar-refractivity contribution in [2.75, 3.05) is 7.11 Å². The molecule has 0 amide bonds. The van der Waals surface area contributed by atoms with Gasteiger partial charge in [0, 0.05) is 7.11 Å². The summed E-state index contributed by atoms with van der Waals surface area (Å²) in [4.78, 5) is 9.44. The van der Waals surface area contributed by atoms with E-state index in [0.717, 1.165) is 16.7 Å². The van der Waals surface area contributed by atoms with E-state index in [1.807, 2.05) is 13.8 Å². The molecule has 1 rings (SSSR count). The van der Waals surface area contributed by atoms with Crippen LogP contribution in [-0.4, -0.2) is 17.1 Å². The molecular formula is C12H19O4P. The van der Waals surface area contributed by atoms with E-state index in [9.17, 15) is 14.6 Å². The normalized spacial score (nSPS) is 14.6. The van der Waals surface area contributed by atoms with Crippen molar-refractivity contribution in [3.8, 4) is 5.75 Å². The number of aromatic hydroxyl groups is 1. The molecular weight excluding hydrogens is 239 g/mol. The first kappa shape index (κ1) is 14.2. The highest BCUT2D eigenvalue weighted by Gasteiger charge is 2.19. The fourth-order valence-corrected chi connectivity index (χ4v) is 2.53. The van der Waals surface area contributed by atoms with Gasteiger partial charge in [0.05, 0.1) is 6.16 Å². The summed E-state index contributed by atoms with van der Waals surface area (Å²) < 4.78 is 16.1. The number of benzene rings is 1. The average Bonchev–Trinajstić information content (AvgIpc) is 2.30. The van der Waals surface area contributed by atoms with Crippen LogP contribution in [0, 0.1) is 0 Å². The third kappa shape index (κ3) is 3.56. The second kappa shape index (κ2) is 5.67. The summed E-state index contributed by atoms with van der Waals surface area (Å²) in [5.41, 5.74) is 2.33. The molecule has 1 aromatic rings. The lowest BCUT2D eigenvalue weighted by molar-refractivity contribution is 0.314. The largest absolute Gasteiger partial charge is 0.507 e. The summed E-state index contributed by atoms with van der Waals surface area (Å²) in [6.07, 6.45) is 1.36. The Morgan fingerprint density at radius 1 is 1.24 bits per heavy atom. The van der Waals surface area contributed by atoms with Crippen LogP contribution >= 0.6 is 7.60 Å². The van der Waals surface area contributed by atoms with Gasteiger partial charge in [0.15, 0.2) is 0 Å². The topological polar surface area (TPSA) is 66.8 Å². The maximum absolute atomic E-state index is 11.5. The predicted molar refractivity (Wildman–Crippen MR) is 67.4 cm³/mol. The SMILES string of the molecule is CCc1cc(CP(=O)(O)OC)cc(CC)c1O. The molecule has 4 nitrogen and oxygen atoms in total. The minimum Gasteiger partial charge on any atom is -0.507 e. The molecule has 0 saturated heterocycles. The smallest absolute Gasteiger partial charge is 0.332 e. The molecule has 0 aromatic heterocycles. The van der Waals surface area contributed by atoms with E-state index in [2.05, 4.69) is 4.52 Å². The highest BCUT2D eigenvalue weighted by Crippen LogP contribution is 2.45. The zero-order valence-electron chi connectivity index (χ0n) is 10.4. The Hall–Kier alpha value is -0.830. The van der Waals surface area contributed by atoms with E-state index in [4.69, 9.17) is 0 Å². The molecule has 0 fully saturated rings. The van der Waals surface area contributed by atoms with Crippen molar-refractivity contribution in [2.24, 2.45) is 0 Å². The van der Waals surface area contributed by atoms with E-state index in [1.165, 1.54) is 7.11 Å². The minimum atomic E-state index is -3.55. The van der Waals surface area contributed by atoms with Gasteiger partial charge in [-0.05, 0) is 29.5 Å². The van der Waals surface area contributed by atoms with Gasteiger partial charge in [-0.3, -0.25) is 4.57 Å². The van der Waals surface area contributed by atoms with Gasteiger partial charge in [0.1, 0.15) is 5.75 Å². The van der Waals surface area contributed by atoms with Gasteiger partial charge in [-0.25, -0.2) is 0 Å². The average molecular weight is 258 g/mol. The Morgan fingerprint density at radius 2 is 1.71 bits per heavy atom. The fourth-order valence-electron chi connectivity index (χ4n) is 1.76. The van der Waals surface area contributed by atoms with Gasteiger partial charge in [-0.2, -0.15) is 0 Å². The number of phenols is 1. The second-order valence-electron chi connectivity index (χ2n) is 3.95. The van der Waals surface area contributed by atoms with Crippen molar-refractivity contribution in [2.45, 2.75) is 32.9 Å². The lowest BCUT2D eigenvalue weighted by Crippen LogP contribution is -1.96. The van der Waals surface area contributed by atoms with Gasteiger partial charge >= 0.3 is 7.60 Å². The first-order chi connectivity index (χ1) is 7.93. The van der Waals surface area contributed by atoms with E-state index in [1.54, 1.807) is 12.1 Å². The second-order valence-corrected chi connectivity index (χ2v) is 5.90. The van der Waals surface area contributed by atoms with E-state index in [0.29, 0.717) is 18.6 Å². The summed E-state index contributed by atoms with van der Waals surface area (Å²) in [7, 11) is -2.33. The van der Waals surface area contributed by atoms with E-state index in [-0.39, 0.29) is 6.16 Å². The number of hydrogen-bond donors (Lipinski definition) is 2. The summed E-state index contributed by atoms with van der Waals surface area (Å²) in [6.45, 7) is 3.88. The zero-order valence-corrected chi connectivity index (χ0v) is 11.3. The molecule has 1 atom stereocenters. The predicted octanol–water partition coefficient (Wildman–Crippen LogP) is 2.85. The molecule has 17 heavy (non-hydrogen) atoms. The van der Waals surface area contributed by atoms with Gasteiger partial charge in [0.2, 0.25) is 0 Å². The minimum absolute atomic E-state index is 0.0240. The van der Waals surface area contributed by atoms with E-state index >= 15 is 0 Å². The maximum Gasteiger partial charge on any atom is 0.332 e. The van der Waals surface area contributed by atoms with Crippen LogP contribution in [0.1, 0.15) is 30.5 Å². The third-order valence-electron chi connectivity index (χ3n) is 2.76. The molecule has 5 heteroatoms. The quantitative estimate of drug-likeness (QED) is 0.797. The lowest BCUT2D eigenvalue weighted by atomic mass is 10.0. The third-order valence-corrected chi connectivity index (χ3v) is 4.09. The number of rotatable bonds is 5. The van der Waals surface area contributed by atoms with Crippen LogP contribution in [0.4, 0.5) is 0 Å². The van der Waals surface area contributed by atoms with Crippen molar-refractivity contribution in [1.82, 2.24) is 0 Å². The van der Waals surface area contributed by atoms with Crippen molar-refractivity contribution in [3.63, 3.8) is 0 Å². The molecule has 0 aliphatic carbocycles. The highest BCUT2D eigenvalue weighted by atomic mass is 31.2. The Labute approximate surface area is 102 Å². The van der Waals surface area contributed by atoms with Crippen LogP contribution in [0.3, 0.4) is 0 Å². The molecule has 0 radical (unpaired) electrons. The molecule has 0 spiro atoms. The molecule has 1 unspecified atom stereocenters. The van der Waals surface area contributed by atoms with Gasteiger partial charge in [0.25, 0.3) is 0 Å². The van der Waals surface area contributed by atoms with Crippen molar-refractivity contribution < 1.29 is 19.1 Å². The van der Waals surface area contributed by atoms with Crippen molar-refractivity contribution in [3.05, 3.63) is 28.8 Å². The summed E-state index contributed by atoms with van der Waals surface area (Å²) in [5.74, 6) is 0.295.